The Bertz CT molecular complexity index is 893. The van der Waals surface area contributed by atoms with Crippen molar-refractivity contribution in [1.82, 2.24) is 0 Å². The van der Waals surface area contributed by atoms with Crippen LogP contribution < -0.4 is 0 Å². The van der Waals surface area contributed by atoms with E-state index in [0.29, 0.717) is 11.3 Å². The lowest BCUT2D eigenvalue weighted by molar-refractivity contribution is -0.149. The fraction of sp³-hybridized carbons (Fsp3) is 0.321. The van der Waals surface area contributed by atoms with Gasteiger partial charge in [-0.1, -0.05) is 74.5 Å². The van der Waals surface area contributed by atoms with Crippen LogP contribution in [0.5, 0.6) is 5.75 Å². The number of benzene rings is 2. The smallest absolute Gasteiger partial charge is 0.333 e. The monoisotopic (exact) mass is 420 g/mol. The Kier molecular flexibility index (Phi) is 10.5. The summed E-state index contributed by atoms with van der Waals surface area (Å²) in [7, 11) is 0. The van der Waals surface area contributed by atoms with Crippen LogP contribution in [0.25, 0.3) is 11.6 Å². The van der Waals surface area contributed by atoms with Crippen LogP contribution in [0.1, 0.15) is 64.7 Å². The number of carbonyl (C=O) groups excluding carboxylic acids is 1. The van der Waals surface area contributed by atoms with Gasteiger partial charge in [0.1, 0.15) is 11.4 Å². The second-order valence-corrected chi connectivity index (χ2v) is 8.53. The van der Waals surface area contributed by atoms with Crippen molar-refractivity contribution in [3.8, 4) is 5.75 Å². The van der Waals surface area contributed by atoms with Gasteiger partial charge in [0.2, 0.25) is 0 Å². The third-order valence-corrected chi connectivity index (χ3v) is 4.22. The highest BCUT2D eigenvalue weighted by molar-refractivity contribution is 5.87. The largest absolute Gasteiger partial charge is 0.508 e. The summed E-state index contributed by atoms with van der Waals surface area (Å²) >= 11 is 0. The lowest BCUT2D eigenvalue weighted by Gasteiger charge is -2.19. The molecular formula is C28H36O3. The summed E-state index contributed by atoms with van der Waals surface area (Å²) in [5.74, 6) is -0.0261. The van der Waals surface area contributed by atoms with Crippen molar-refractivity contribution in [3.63, 3.8) is 0 Å². The molecule has 0 fully saturated rings. The minimum atomic E-state index is -0.407. The summed E-state index contributed by atoms with van der Waals surface area (Å²) < 4.78 is 4.96. The van der Waals surface area contributed by atoms with Gasteiger partial charge in [-0.25, -0.2) is 4.79 Å². The topological polar surface area (TPSA) is 46.5 Å². The maximum atomic E-state index is 10.8. The highest BCUT2D eigenvalue weighted by Crippen LogP contribution is 2.17. The maximum Gasteiger partial charge on any atom is 0.333 e. The van der Waals surface area contributed by atoms with Crippen LogP contribution in [-0.4, -0.2) is 16.7 Å². The van der Waals surface area contributed by atoms with E-state index in [1.54, 1.807) is 19.1 Å². The Morgan fingerprint density at radius 1 is 1.03 bits per heavy atom. The summed E-state index contributed by atoms with van der Waals surface area (Å²) in [6.45, 7) is 14.8. The third kappa shape index (κ3) is 11.0. The molecule has 0 aromatic heterocycles. The molecule has 3 nitrogen and oxygen atoms in total. The van der Waals surface area contributed by atoms with Crippen molar-refractivity contribution in [3.05, 3.63) is 89.5 Å². The number of esters is 1. The molecule has 0 atom stereocenters. The zero-order valence-corrected chi connectivity index (χ0v) is 19.7. The standard InChI is InChI=1S/C20H22O.C8H14O2/c1-3-5-17-8-10-18(11-9-17)7-4-6-16(2)19-12-14-20(21)15-13-19;1-6(2)7(9)10-8(3,4)5/h4,6-15,21H,3,5H2,1-2H3;1H2,2-5H3. The SMILES string of the molecule is C=C(C)C(=O)OC(C)(C)C.CCCc1ccc(C=CC=C(C)c2ccc(O)cc2)cc1. The van der Waals surface area contributed by atoms with Crippen LogP contribution in [0.15, 0.2) is 72.8 Å². The molecule has 0 aliphatic heterocycles. The molecule has 2 rings (SSSR count). The second kappa shape index (κ2) is 12.6. The number of aryl methyl sites for hydroxylation is 1. The maximum absolute atomic E-state index is 10.8. The van der Waals surface area contributed by atoms with E-state index in [1.165, 1.54) is 23.1 Å². The van der Waals surface area contributed by atoms with Gasteiger partial charge < -0.3 is 9.84 Å². The zero-order chi connectivity index (χ0) is 23.4. The first-order valence-electron chi connectivity index (χ1n) is 10.6. The highest BCUT2D eigenvalue weighted by Gasteiger charge is 2.15. The molecule has 0 saturated heterocycles. The molecule has 2 aromatic rings. The number of hydrogen-bond donors (Lipinski definition) is 1. The highest BCUT2D eigenvalue weighted by atomic mass is 16.6. The summed E-state index contributed by atoms with van der Waals surface area (Å²) in [5.41, 5.74) is 4.94. The number of allylic oxidation sites excluding steroid dienone is 3. The van der Waals surface area contributed by atoms with Gasteiger partial charge in [-0.2, -0.15) is 0 Å². The van der Waals surface area contributed by atoms with Crippen molar-refractivity contribution >= 4 is 17.6 Å². The second-order valence-electron chi connectivity index (χ2n) is 8.53. The Labute approximate surface area is 187 Å². The molecule has 0 amide bonds. The molecular weight excluding hydrogens is 384 g/mol. The normalized spacial score (nSPS) is 11.6. The molecule has 0 unspecified atom stereocenters. The molecule has 0 spiro atoms. The molecule has 0 bridgehead atoms. The van der Waals surface area contributed by atoms with Crippen molar-refractivity contribution in [2.45, 2.75) is 60.0 Å². The molecule has 2 aromatic carbocycles. The average Bonchev–Trinajstić information content (AvgIpc) is 2.69. The van der Waals surface area contributed by atoms with E-state index >= 15 is 0 Å². The lowest BCUT2D eigenvalue weighted by Crippen LogP contribution is -2.23. The van der Waals surface area contributed by atoms with E-state index in [4.69, 9.17) is 4.74 Å². The number of phenolic OH excluding ortho intramolecular Hbond substituents is 1. The minimum absolute atomic E-state index is 0.300. The molecule has 0 aliphatic carbocycles. The van der Waals surface area contributed by atoms with Crippen molar-refractivity contribution < 1.29 is 14.6 Å². The van der Waals surface area contributed by atoms with E-state index in [2.05, 4.69) is 62.9 Å². The van der Waals surface area contributed by atoms with Crippen molar-refractivity contribution in [2.24, 2.45) is 0 Å². The lowest BCUT2D eigenvalue weighted by atomic mass is 10.1. The molecule has 31 heavy (non-hydrogen) atoms. The third-order valence-electron chi connectivity index (χ3n) is 4.22. The number of carbonyl (C=O) groups is 1. The summed E-state index contributed by atoms with van der Waals surface area (Å²) in [6, 6.07) is 16.0. The summed E-state index contributed by atoms with van der Waals surface area (Å²) in [5, 5.41) is 9.29. The van der Waals surface area contributed by atoms with Gasteiger partial charge in [0, 0.05) is 5.57 Å². The van der Waals surface area contributed by atoms with Gasteiger partial charge >= 0.3 is 5.97 Å². The minimum Gasteiger partial charge on any atom is -0.508 e. The molecule has 0 radical (unpaired) electrons. The number of phenols is 1. The van der Waals surface area contributed by atoms with E-state index in [-0.39, 0.29) is 5.97 Å². The molecule has 166 valence electrons. The van der Waals surface area contributed by atoms with Gasteiger partial charge in [-0.3, -0.25) is 0 Å². The van der Waals surface area contributed by atoms with Crippen molar-refractivity contribution in [2.75, 3.05) is 0 Å². The first-order valence-corrected chi connectivity index (χ1v) is 10.6. The molecule has 0 saturated carbocycles. The van der Waals surface area contributed by atoms with Crippen LogP contribution in [-0.2, 0) is 16.0 Å². The Balaban J connectivity index is 0.000000407. The van der Waals surface area contributed by atoms with Crippen LogP contribution in [0.4, 0.5) is 0 Å². The molecule has 3 heteroatoms. The number of rotatable bonds is 6. The predicted octanol–water partition coefficient (Wildman–Crippen LogP) is 7.37. The van der Waals surface area contributed by atoms with Gasteiger partial charge in [-0.15, -0.1) is 0 Å². The summed E-state index contributed by atoms with van der Waals surface area (Å²) in [6.07, 6.45) is 8.59. The van der Waals surface area contributed by atoms with Gasteiger partial charge in [0.05, 0.1) is 0 Å². The van der Waals surface area contributed by atoms with E-state index < -0.39 is 5.60 Å². The average molecular weight is 421 g/mol. The quantitative estimate of drug-likeness (QED) is 0.301. The Hall–Kier alpha value is -3.07. The van der Waals surface area contributed by atoms with E-state index in [9.17, 15) is 9.90 Å². The molecule has 0 heterocycles. The molecule has 1 N–H and O–H groups in total. The van der Waals surface area contributed by atoms with Crippen LogP contribution in [0.2, 0.25) is 0 Å². The van der Waals surface area contributed by atoms with Gasteiger partial charge in [-0.05, 0) is 75.4 Å². The van der Waals surface area contributed by atoms with Gasteiger partial charge in [0.25, 0.3) is 0 Å². The van der Waals surface area contributed by atoms with Crippen molar-refractivity contribution in [1.29, 1.82) is 0 Å². The molecule has 0 aliphatic rings. The Morgan fingerprint density at radius 2 is 1.61 bits per heavy atom. The van der Waals surface area contributed by atoms with Gasteiger partial charge in [0.15, 0.2) is 0 Å². The van der Waals surface area contributed by atoms with Crippen LogP contribution in [0.3, 0.4) is 0 Å². The number of aromatic hydroxyl groups is 1. The number of hydrogen-bond acceptors (Lipinski definition) is 3. The predicted molar refractivity (Wildman–Crippen MR) is 132 cm³/mol. The van der Waals surface area contributed by atoms with Crippen LogP contribution in [0, 0.1) is 0 Å². The first kappa shape index (κ1) is 26.0. The fourth-order valence-corrected chi connectivity index (χ4v) is 2.57. The zero-order valence-electron chi connectivity index (χ0n) is 19.7. The number of ether oxygens (including phenoxy) is 1. The van der Waals surface area contributed by atoms with E-state index in [0.717, 1.165) is 12.0 Å². The van der Waals surface area contributed by atoms with E-state index in [1.807, 2.05) is 32.9 Å². The Morgan fingerprint density at radius 3 is 2.06 bits per heavy atom. The van der Waals surface area contributed by atoms with Crippen LogP contribution >= 0.6 is 0 Å². The fourth-order valence-electron chi connectivity index (χ4n) is 2.57. The summed E-state index contributed by atoms with van der Waals surface area (Å²) in [4.78, 5) is 10.8. The first-order chi connectivity index (χ1) is 14.5.